The minimum Gasteiger partial charge on any atom is -0.459 e. The van der Waals surface area contributed by atoms with Crippen LogP contribution in [0.15, 0.2) is 34.7 Å². The van der Waals surface area contributed by atoms with E-state index in [9.17, 15) is 5.11 Å². The summed E-state index contributed by atoms with van der Waals surface area (Å²) in [6.07, 6.45) is 0. The van der Waals surface area contributed by atoms with Crippen molar-refractivity contribution < 1.29 is 14.3 Å². The van der Waals surface area contributed by atoms with Crippen LogP contribution in [0.2, 0.25) is 0 Å². The number of benzene rings is 1. The molecule has 0 spiro atoms. The van der Waals surface area contributed by atoms with Crippen molar-refractivity contribution in [1.82, 2.24) is 4.90 Å². The molecule has 20 heavy (non-hydrogen) atoms. The second-order valence-electron chi connectivity index (χ2n) is 5.93. The van der Waals surface area contributed by atoms with Crippen LogP contribution < -0.4 is 0 Å². The van der Waals surface area contributed by atoms with Crippen molar-refractivity contribution in [2.24, 2.45) is 5.41 Å². The van der Waals surface area contributed by atoms with Gasteiger partial charge >= 0.3 is 0 Å². The number of para-hydroxylation sites is 1. The first-order valence-electron chi connectivity index (χ1n) is 7.01. The molecule has 4 nitrogen and oxygen atoms in total. The van der Waals surface area contributed by atoms with Gasteiger partial charge in [-0.1, -0.05) is 18.2 Å². The zero-order chi connectivity index (χ0) is 14.2. The quantitative estimate of drug-likeness (QED) is 0.910. The number of fused-ring (bicyclic) bond motifs is 1. The molecule has 1 atom stereocenters. The van der Waals surface area contributed by atoms with Crippen LogP contribution in [-0.4, -0.2) is 43.4 Å². The zero-order valence-electron chi connectivity index (χ0n) is 12.0. The summed E-state index contributed by atoms with van der Waals surface area (Å²) in [6.45, 7) is 4.38. The van der Waals surface area contributed by atoms with Crippen molar-refractivity contribution in [1.29, 1.82) is 0 Å². The molecule has 3 rings (SSSR count). The fourth-order valence-corrected chi connectivity index (χ4v) is 2.71. The Labute approximate surface area is 118 Å². The normalized spacial score (nSPS) is 19.2. The van der Waals surface area contributed by atoms with Crippen molar-refractivity contribution in [3.63, 3.8) is 0 Å². The van der Waals surface area contributed by atoms with Gasteiger partial charge in [0.2, 0.25) is 0 Å². The van der Waals surface area contributed by atoms with E-state index in [1.807, 2.05) is 18.2 Å². The van der Waals surface area contributed by atoms with E-state index < -0.39 is 0 Å². The van der Waals surface area contributed by atoms with Crippen LogP contribution in [0, 0.1) is 5.41 Å². The highest BCUT2D eigenvalue weighted by atomic mass is 16.5. The van der Waals surface area contributed by atoms with E-state index in [-0.39, 0.29) is 18.1 Å². The molecular formula is C16H21NO3. The minimum atomic E-state index is -0.102. The monoisotopic (exact) mass is 275 g/mol. The molecule has 2 heterocycles. The Morgan fingerprint density at radius 3 is 2.70 bits per heavy atom. The summed E-state index contributed by atoms with van der Waals surface area (Å²) in [5, 5.41) is 10.7. The Hall–Kier alpha value is -1.36. The molecule has 0 amide bonds. The minimum absolute atomic E-state index is 0.102. The number of rotatable bonds is 5. The Kier molecular flexibility index (Phi) is 3.54. The average molecular weight is 275 g/mol. The van der Waals surface area contributed by atoms with Crippen LogP contribution in [0.4, 0.5) is 0 Å². The zero-order valence-corrected chi connectivity index (χ0v) is 12.0. The number of furan rings is 1. The molecule has 2 aromatic rings. The first-order chi connectivity index (χ1) is 9.63. The molecule has 0 radical (unpaired) electrons. The van der Waals surface area contributed by atoms with Gasteiger partial charge in [-0.05, 0) is 26.1 Å². The molecular weight excluding hydrogens is 254 g/mol. The standard InChI is InChI=1S/C16H21NO3/c1-12(17(2)8-16(9-18)10-19-11-16)15-7-13-5-3-4-6-14(13)20-15/h3-7,12,18H,8-11H2,1-2H3. The SMILES string of the molecule is CC(c1cc2ccccc2o1)N(C)CC1(CO)COC1. The number of hydrogen-bond donors (Lipinski definition) is 1. The fraction of sp³-hybridized carbons (Fsp3) is 0.500. The summed E-state index contributed by atoms with van der Waals surface area (Å²) in [5.74, 6) is 0.960. The van der Waals surface area contributed by atoms with E-state index in [1.54, 1.807) is 0 Å². The first kappa shape index (κ1) is 13.6. The summed E-state index contributed by atoms with van der Waals surface area (Å²) >= 11 is 0. The predicted octanol–water partition coefficient (Wildman–Crippen LogP) is 2.43. The lowest BCUT2D eigenvalue weighted by Gasteiger charge is -2.43. The van der Waals surface area contributed by atoms with Gasteiger partial charge in [0.1, 0.15) is 11.3 Å². The van der Waals surface area contributed by atoms with Crippen molar-refractivity contribution in [3.05, 3.63) is 36.1 Å². The van der Waals surface area contributed by atoms with Gasteiger partial charge in [0.05, 0.1) is 31.3 Å². The molecule has 1 N–H and O–H groups in total. The first-order valence-corrected chi connectivity index (χ1v) is 7.01. The molecule has 1 aromatic heterocycles. The maximum Gasteiger partial charge on any atom is 0.134 e. The number of nitrogens with zero attached hydrogens (tertiary/aromatic N) is 1. The van der Waals surface area contributed by atoms with Crippen molar-refractivity contribution in [3.8, 4) is 0 Å². The Morgan fingerprint density at radius 1 is 1.35 bits per heavy atom. The molecule has 1 aliphatic rings. The molecule has 1 unspecified atom stereocenters. The van der Waals surface area contributed by atoms with Crippen LogP contribution in [0.1, 0.15) is 18.7 Å². The van der Waals surface area contributed by atoms with Gasteiger partial charge in [0, 0.05) is 11.9 Å². The van der Waals surface area contributed by atoms with Crippen LogP contribution >= 0.6 is 0 Å². The summed E-state index contributed by atoms with van der Waals surface area (Å²) in [7, 11) is 2.06. The molecule has 0 aliphatic carbocycles. The summed E-state index contributed by atoms with van der Waals surface area (Å²) < 4.78 is 11.2. The fourth-order valence-electron chi connectivity index (χ4n) is 2.71. The van der Waals surface area contributed by atoms with Crippen LogP contribution in [-0.2, 0) is 4.74 Å². The van der Waals surface area contributed by atoms with Gasteiger partial charge in [-0.3, -0.25) is 4.90 Å². The summed E-state index contributed by atoms with van der Waals surface area (Å²) in [6, 6.07) is 10.3. The van der Waals surface area contributed by atoms with E-state index in [0.717, 1.165) is 23.3 Å². The van der Waals surface area contributed by atoms with E-state index in [4.69, 9.17) is 9.15 Å². The van der Waals surface area contributed by atoms with Gasteiger partial charge in [0.25, 0.3) is 0 Å². The highest BCUT2D eigenvalue weighted by molar-refractivity contribution is 5.77. The van der Waals surface area contributed by atoms with E-state index >= 15 is 0 Å². The molecule has 1 saturated heterocycles. The van der Waals surface area contributed by atoms with Crippen LogP contribution in [0.5, 0.6) is 0 Å². The van der Waals surface area contributed by atoms with E-state index in [2.05, 4.69) is 31.0 Å². The Morgan fingerprint density at radius 2 is 2.10 bits per heavy atom. The second-order valence-corrected chi connectivity index (χ2v) is 5.93. The number of ether oxygens (including phenoxy) is 1. The van der Waals surface area contributed by atoms with E-state index in [0.29, 0.717) is 13.2 Å². The number of aliphatic hydroxyl groups is 1. The van der Waals surface area contributed by atoms with E-state index in [1.165, 1.54) is 0 Å². The smallest absolute Gasteiger partial charge is 0.134 e. The maximum absolute atomic E-state index is 9.52. The predicted molar refractivity (Wildman–Crippen MR) is 77.6 cm³/mol. The molecule has 1 fully saturated rings. The lowest BCUT2D eigenvalue weighted by Crippen LogP contribution is -2.52. The topological polar surface area (TPSA) is 45.8 Å². The van der Waals surface area contributed by atoms with Gasteiger partial charge in [-0.25, -0.2) is 0 Å². The lowest BCUT2D eigenvalue weighted by molar-refractivity contribution is -0.149. The number of aliphatic hydroxyl groups excluding tert-OH is 1. The summed E-state index contributed by atoms with van der Waals surface area (Å²) in [4.78, 5) is 2.22. The van der Waals surface area contributed by atoms with Crippen molar-refractivity contribution in [2.75, 3.05) is 33.4 Å². The third-order valence-corrected chi connectivity index (χ3v) is 4.25. The Bertz CT molecular complexity index is 550. The molecule has 108 valence electrons. The van der Waals surface area contributed by atoms with Crippen molar-refractivity contribution >= 4 is 11.0 Å². The molecule has 4 heteroatoms. The van der Waals surface area contributed by atoms with Crippen LogP contribution in [0.3, 0.4) is 0 Å². The highest BCUT2D eigenvalue weighted by Crippen LogP contribution is 2.32. The van der Waals surface area contributed by atoms with Crippen LogP contribution in [0.25, 0.3) is 11.0 Å². The van der Waals surface area contributed by atoms with Gasteiger partial charge in [0.15, 0.2) is 0 Å². The van der Waals surface area contributed by atoms with Gasteiger partial charge in [-0.2, -0.15) is 0 Å². The lowest BCUT2D eigenvalue weighted by atomic mass is 9.86. The van der Waals surface area contributed by atoms with Crippen molar-refractivity contribution in [2.45, 2.75) is 13.0 Å². The van der Waals surface area contributed by atoms with Gasteiger partial charge < -0.3 is 14.3 Å². The maximum atomic E-state index is 9.52. The Balaban J connectivity index is 1.75. The molecule has 1 aromatic carbocycles. The molecule has 1 aliphatic heterocycles. The summed E-state index contributed by atoms with van der Waals surface area (Å²) in [5.41, 5.74) is 0.821. The largest absolute Gasteiger partial charge is 0.459 e. The average Bonchev–Trinajstić information content (AvgIpc) is 2.85. The molecule has 0 bridgehead atoms. The third-order valence-electron chi connectivity index (χ3n) is 4.25. The molecule has 0 saturated carbocycles. The number of hydrogen-bond acceptors (Lipinski definition) is 4. The second kappa shape index (κ2) is 5.20. The van der Waals surface area contributed by atoms with Gasteiger partial charge in [-0.15, -0.1) is 0 Å². The third kappa shape index (κ3) is 2.35. The highest BCUT2D eigenvalue weighted by Gasteiger charge is 2.40.